The summed E-state index contributed by atoms with van der Waals surface area (Å²) in [6.45, 7) is 2.03. The first-order valence-corrected chi connectivity index (χ1v) is 5.18. The largest absolute Gasteiger partial charge is 0.479 e. The van der Waals surface area contributed by atoms with Crippen LogP contribution in [0.4, 0.5) is 0 Å². The van der Waals surface area contributed by atoms with Gasteiger partial charge in [-0.3, -0.25) is 0 Å². The molecule has 1 aromatic carbocycles. The van der Waals surface area contributed by atoms with Gasteiger partial charge < -0.3 is 9.84 Å². The summed E-state index contributed by atoms with van der Waals surface area (Å²) in [6.07, 6.45) is 1.67. The minimum absolute atomic E-state index is 0.556. The molecular formula is C12H16O3. The van der Waals surface area contributed by atoms with Crippen LogP contribution in [0.5, 0.6) is 5.75 Å². The lowest BCUT2D eigenvalue weighted by molar-refractivity contribution is -0.145. The molecule has 0 aliphatic rings. The highest BCUT2D eigenvalue weighted by molar-refractivity contribution is 5.72. The monoisotopic (exact) mass is 208 g/mol. The molecule has 0 fully saturated rings. The van der Waals surface area contributed by atoms with Crippen LogP contribution in [0, 0.1) is 0 Å². The highest BCUT2D eigenvalue weighted by Crippen LogP contribution is 2.14. The topological polar surface area (TPSA) is 46.5 Å². The molecule has 1 aromatic rings. The van der Waals surface area contributed by atoms with Crippen LogP contribution in [0.15, 0.2) is 30.3 Å². The summed E-state index contributed by atoms with van der Waals surface area (Å²) in [7, 11) is 0. The van der Waals surface area contributed by atoms with Crippen LogP contribution in [-0.4, -0.2) is 17.2 Å². The summed E-state index contributed by atoms with van der Waals surface area (Å²) in [6, 6.07) is 9.06. The van der Waals surface area contributed by atoms with Crippen molar-refractivity contribution in [3.63, 3.8) is 0 Å². The second-order valence-corrected chi connectivity index (χ2v) is 3.40. The number of ether oxygens (including phenoxy) is 1. The van der Waals surface area contributed by atoms with E-state index in [2.05, 4.69) is 0 Å². The zero-order valence-corrected chi connectivity index (χ0v) is 8.85. The third-order valence-electron chi connectivity index (χ3n) is 2.12. The van der Waals surface area contributed by atoms with Gasteiger partial charge in [-0.15, -0.1) is 0 Å². The van der Waals surface area contributed by atoms with Crippen LogP contribution in [0.25, 0.3) is 0 Å². The van der Waals surface area contributed by atoms with E-state index in [1.165, 1.54) is 0 Å². The number of carboxylic acids is 1. The van der Waals surface area contributed by atoms with E-state index in [-0.39, 0.29) is 0 Å². The second kappa shape index (κ2) is 6.06. The van der Waals surface area contributed by atoms with Gasteiger partial charge in [-0.05, 0) is 25.0 Å². The summed E-state index contributed by atoms with van der Waals surface area (Å²) < 4.78 is 5.38. The Bertz CT molecular complexity index is 295. The SMILES string of the molecule is CCCC[C@@H](Oc1ccccc1)C(=O)O. The molecule has 1 rings (SSSR count). The standard InChI is InChI=1S/C12H16O3/c1-2-3-9-11(12(13)14)15-10-7-5-4-6-8-10/h4-8,11H,2-3,9H2,1H3,(H,13,14)/t11-/m1/s1. The lowest BCUT2D eigenvalue weighted by Crippen LogP contribution is -2.26. The predicted molar refractivity (Wildman–Crippen MR) is 58.0 cm³/mol. The molecule has 0 amide bonds. The van der Waals surface area contributed by atoms with Crippen LogP contribution in [0.2, 0.25) is 0 Å². The van der Waals surface area contributed by atoms with E-state index in [0.717, 1.165) is 12.8 Å². The summed E-state index contributed by atoms with van der Waals surface area (Å²) in [4.78, 5) is 10.9. The van der Waals surface area contributed by atoms with Crippen molar-refractivity contribution in [2.24, 2.45) is 0 Å². The van der Waals surface area contributed by atoms with Gasteiger partial charge in [0, 0.05) is 0 Å². The van der Waals surface area contributed by atoms with Gasteiger partial charge in [0.1, 0.15) is 5.75 Å². The Morgan fingerprint density at radius 2 is 2.07 bits per heavy atom. The molecule has 3 heteroatoms. The van der Waals surface area contributed by atoms with Gasteiger partial charge in [-0.2, -0.15) is 0 Å². The third-order valence-corrected chi connectivity index (χ3v) is 2.12. The zero-order valence-electron chi connectivity index (χ0n) is 8.85. The first-order valence-electron chi connectivity index (χ1n) is 5.18. The van der Waals surface area contributed by atoms with Crippen molar-refractivity contribution < 1.29 is 14.6 Å². The number of rotatable bonds is 6. The van der Waals surface area contributed by atoms with Gasteiger partial charge >= 0.3 is 5.97 Å². The molecular weight excluding hydrogens is 192 g/mol. The fraction of sp³-hybridized carbons (Fsp3) is 0.417. The molecule has 0 spiro atoms. The number of benzene rings is 1. The normalized spacial score (nSPS) is 12.1. The van der Waals surface area contributed by atoms with E-state index in [1.807, 2.05) is 25.1 Å². The number of hydrogen-bond donors (Lipinski definition) is 1. The average molecular weight is 208 g/mol. The van der Waals surface area contributed by atoms with E-state index in [0.29, 0.717) is 12.2 Å². The molecule has 0 aromatic heterocycles. The van der Waals surface area contributed by atoms with Gasteiger partial charge in [-0.25, -0.2) is 4.79 Å². The maximum Gasteiger partial charge on any atom is 0.344 e. The van der Waals surface area contributed by atoms with Crippen molar-refractivity contribution >= 4 is 5.97 Å². The van der Waals surface area contributed by atoms with Crippen molar-refractivity contribution in [2.45, 2.75) is 32.3 Å². The summed E-state index contributed by atoms with van der Waals surface area (Å²) >= 11 is 0. The van der Waals surface area contributed by atoms with Crippen LogP contribution in [0.3, 0.4) is 0 Å². The minimum Gasteiger partial charge on any atom is -0.479 e. The molecule has 0 bridgehead atoms. The molecule has 0 unspecified atom stereocenters. The molecule has 1 atom stereocenters. The Labute approximate surface area is 89.7 Å². The molecule has 15 heavy (non-hydrogen) atoms. The molecule has 0 aliphatic carbocycles. The van der Waals surface area contributed by atoms with Crippen molar-refractivity contribution in [2.75, 3.05) is 0 Å². The van der Waals surface area contributed by atoms with E-state index in [4.69, 9.17) is 9.84 Å². The number of carbonyl (C=O) groups is 1. The quantitative estimate of drug-likeness (QED) is 0.781. The van der Waals surface area contributed by atoms with E-state index in [1.54, 1.807) is 12.1 Å². The van der Waals surface area contributed by atoms with E-state index < -0.39 is 12.1 Å². The maximum atomic E-state index is 10.9. The minimum atomic E-state index is -0.896. The average Bonchev–Trinajstić information content (AvgIpc) is 2.25. The van der Waals surface area contributed by atoms with Crippen molar-refractivity contribution in [1.29, 1.82) is 0 Å². The smallest absolute Gasteiger partial charge is 0.344 e. The first kappa shape index (κ1) is 11.6. The van der Waals surface area contributed by atoms with Gasteiger partial charge in [0.15, 0.2) is 6.10 Å². The molecule has 82 valence electrons. The van der Waals surface area contributed by atoms with E-state index >= 15 is 0 Å². The van der Waals surface area contributed by atoms with Gasteiger partial charge in [0.05, 0.1) is 0 Å². The Morgan fingerprint density at radius 3 is 2.60 bits per heavy atom. The number of unbranched alkanes of at least 4 members (excludes halogenated alkanes) is 1. The Kier molecular flexibility index (Phi) is 4.68. The van der Waals surface area contributed by atoms with Crippen LogP contribution < -0.4 is 4.74 Å². The third kappa shape index (κ3) is 4.02. The fourth-order valence-corrected chi connectivity index (χ4v) is 1.29. The van der Waals surface area contributed by atoms with Gasteiger partial charge in [-0.1, -0.05) is 31.5 Å². The Hall–Kier alpha value is -1.51. The van der Waals surface area contributed by atoms with Crippen LogP contribution in [-0.2, 0) is 4.79 Å². The first-order chi connectivity index (χ1) is 7.24. The summed E-state index contributed by atoms with van der Waals surface area (Å²) in [5, 5.41) is 8.94. The number of aliphatic carboxylic acids is 1. The van der Waals surface area contributed by atoms with Crippen LogP contribution in [0.1, 0.15) is 26.2 Å². The molecule has 1 N–H and O–H groups in total. The molecule has 0 saturated carbocycles. The van der Waals surface area contributed by atoms with Crippen LogP contribution >= 0.6 is 0 Å². The highest BCUT2D eigenvalue weighted by atomic mass is 16.5. The maximum absolute atomic E-state index is 10.9. The van der Waals surface area contributed by atoms with Gasteiger partial charge in [0.2, 0.25) is 0 Å². The zero-order chi connectivity index (χ0) is 11.1. The van der Waals surface area contributed by atoms with E-state index in [9.17, 15) is 4.79 Å². The molecule has 0 aliphatic heterocycles. The highest BCUT2D eigenvalue weighted by Gasteiger charge is 2.18. The Morgan fingerprint density at radius 1 is 1.40 bits per heavy atom. The molecule has 0 saturated heterocycles. The lowest BCUT2D eigenvalue weighted by Gasteiger charge is -2.14. The fourth-order valence-electron chi connectivity index (χ4n) is 1.29. The molecule has 3 nitrogen and oxygen atoms in total. The summed E-state index contributed by atoms with van der Waals surface area (Å²) in [5.74, 6) is -0.284. The number of hydrogen-bond acceptors (Lipinski definition) is 2. The lowest BCUT2D eigenvalue weighted by atomic mass is 10.1. The van der Waals surface area contributed by atoms with Crippen molar-refractivity contribution in [3.05, 3.63) is 30.3 Å². The predicted octanol–water partition coefficient (Wildman–Crippen LogP) is 2.71. The Balaban J connectivity index is 2.55. The second-order valence-electron chi connectivity index (χ2n) is 3.40. The number of carboxylic acid groups (broad SMARTS) is 1. The summed E-state index contributed by atoms with van der Waals surface area (Å²) in [5.41, 5.74) is 0. The number of para-hydroxylation sites is 1. The molecule has 0 heterocycles. The van der Waals surface area contributed by atoms with Crippen molar-refractivity contribution in [1.82, 2.24) is 0 Å². The van der Waals surface area contributed by atoms with Gasteiger partial charge in [0.25, 0.3) is 0 Å². The van der Waals surface area contributed by atoms with Crippen molar-refractivity contribution in [3.8, 4) is 5.75 Å². The molecule has 0 radical (unpaired) electrons.